The standard InChI is InChI=1S/C15H28O/c1-12-5-7-14(8-6-12)13(2)9-10-15(3,4)11-16/h5,13-14,16H,6-11H2,1-4H3. The number of allylic oxidation sites excluding steroid dienone is 2. The van der Waals surface area contributed by atoms with E-state index < -0.39 is 0 Å². The van der Waals surface area contributed by atoms with Crippen molar-refractivity contribution < 1.29 is 5.11 Å². The van der Waals surface area contributed by atoms with Crippen LogP contribution in [0.3, 0.4) is 0 Å². The second-order valence-electron chi connectivity index (χ2n) is 6.42. The summed E-state index contributed by atoms with van der Waals surface area (Å²) in [4.78, 5) is 0. The minimum Gasteiger partial charge on any atom is -0.396 e. The lowest BCUT2D eigenvalue weighted by molar-refractivity contribution is 0.136. The molecule has 2 unspecified atom stereocenters. The summed E-state index contributed by atoms with van der Waals surface area (Å²) in [6, 6.07) is 0. The third kappa shape index (κ3) is 4.29. The minimum absolute atomic E-state index is 0.106. The Labute approximate surface area is 101 Å². The fourth-order valence-corrected chi connectivity index (χ4v) is 2.44. The molecule has 0 spiro atoms. The molecule has 1 N–H and O–H groups in total. The van der Waals surface area contributed by atoms with Crippen molar-refractivity contribution in [3.8, 4) is 0 Å². The van der Waals surface area contributed by atoms with Crippen LogP contribution < -0.4 is 0 Å². The van der Waals surface area contributed by atoms with Crippen LogP contribution in [-0.2, 0) is 0 Å². The second-order valence-corrected chi connectivity index (χ2v) is 6.42. The van der Waals surface area contributed by atoms with E-state index in [0.717, 1.165) is 18.3 Å². The van der Waals surface area contributed by atoms with Crippen LogP contribution in [0.2, 0.25) is 0 Å². The van der Waals surface area contributed by atoms with Gasteiger partial charge in [-0.05, 0) is 56.3 Å². The monoisotopic (exact) mass is 224 g/mol. The van der Waals surface area contributed by atoms with Crippen LogP contribution >= 0.6 is 0 Å². The SMILES string of the molecule is CC1=CCC(C(C)CCC(C)(C)CO)CC1. The van der Waals surface area contributed by atoms with Crippen molar-refractivity contribution in [1.29, 1.82) is 0 Å². The van der Waals surface area contributed by atoms with Crippen molar-refractivity contribution >= 4 is 0 Å². The highest BCUT2D eigenvalue weighted by atomic mass is 16.3. The van der Waals surface area contributed by atoms with Gasteiger partial charge in [0.1, 0.15) is 0 Å². The van der Waals surface area contributed by atoms with Gasteiger partial charge in [-0.3, -0.25) is 0 Å². The Morgan fingerprint density at radius 1 is 1.50 bits per heavy atom. The van der Waals surface area contributed by atoms with Crippen molar-refractivity contribution in [1.82, 2.24) is 0 Å². The van der Waals surface area contributed by atoms with E-state index in [9.17, 15) is 5.11 Å². The normalized spacial score (nSPS) is 24.1. The molecule has 0 radical (unpaired) electrons. The van der Waals surface area contributed by atoms with Gasteiger partial charge >= 0.3 is 0 Å². The Morgan fingerprint density at radius 3 is 2.69 bits per heavy atom. The predicted octanol–water partition coefficient (Wildman–Crippen LogP) is 4.17. The van der Waals surface area contributed by atoms with Gasteiger partial charge in [0.15, 0.2) is 0 Å². The van der Waals surface area contributed by atoms with Gasteiger partial charge < -0.3 is 5.11 Å². The highest BCUT2D eigenvalue weighted by molar-refractivity contribution is 5.03. The third-order valence-corrected chi connectivity index (χ3v) is 4.19. The van der Waals surface area contributed by atoms with E-state index in [-0.39, 0.29) is 5.41 Å². The minimum atomic E-state index is 0.106. The van der Waals surface area contributed by atoms with Crippen LogP contribution in [0.1, 0.15) is 59.8 Å². The van der Waals surface area contributed by atoms with Gasteiger partial charge in [0, 0.05) is 6.61 Å². The summed E-state index contributed by atoms with van der Waals surface area (Å²) in [6.45, 7) is 9.25. The zero-order chi connectivity index (χ0) is 12.2. The lowest BCUT2D eigenvalue weighted by Crippen LogP contribution is -2.20. The molecule has 0 bridgehead atoms. The molecule has 0 saturated carbocycles. The fourth-order valence-electron chi connectivity index (χ4n) is 2.44. The maximum Gasteiger partial charge on any atom is 0.0482 e. The van der Waals surface area contributed by atoms with Crippen molar-refractivity contribution in [2.45, 2.75) is 59.8 Å². The first-order valence-electron chi connectivity index (χ1n) is 6.71. The van der Waals surface area contributed by atoms with Gasteiger partial charge in [-0.2, -0.15) is 0 Å². The number of hydrogen-bond donors (Lipinski definition) is 1. The van der Waals surface area contributed by atoms with Crippen molar-refractivity contribution in [3.63, 3.8) is 0 Å². The number of aliphatic hydroxyl groups is 1. The number of aliphatic hydroxyl groups excluding tert-OH is 1. The summed E-state index contributed by atoms with van der Waals surface area (Å²) in [5.41, 5.74) is 1.67. The topological polar surface area (TPSA) is 20.2 Å². The maximum atomic E-state index is 9.24. The summed E-state index contributed by atoms with van der Waals surface area (Å²) in [7, 11) is 0. The third-order valence-electron chi connectivity index (χ3n) is 4.19. The van der Waals surface area contributed by atoms with Crippen LogP contribution in [0, 0.1) is 17.3 Å². The van der Waals surface area contributed by atoms with E-state index in [2.05, 4.69) is 33.8 Å². The Bertz CT molecular complexity index is 240. The molecule has 1 aliphatic rings. The molecule has 0 saturated heterocycles. The largest absolute Gasteiger partial charge is 0.396 e. The Morgan fingerprint density at radius 2 is 2.19 bits per heavy atom. The van der Waals surface area contributed by atoms with E-state index in [0.29, 0.717) is 6.61 Å². The van der Waals surface area contributed by atoms with Crippen LogP contribution in [0.15, 0.2) is 11.6 Å². The molecule has 0 fully saturated rings. The quantitative estimate of drug-likeness (QED) is 0.695. The Kier molecular flexibility index (Phi) is 5.04. The zero-order valence-corrected chi connectivity index (χ0v) is 11.4. The predicted molar refractivity (Wildman–Crippen MR) is 70.4 cm³/mol. The Hall–Kier alpha value is -0.300. The smallest absolute Gasteiger partial charge is 0.0482 e. The average Bonchev–Trinajstić information content (AvgIpc) is 2.27. The molecule has 0 heterocycles. The van der Waals surface area contributed by atoms with Gasteiger partial charge in [-0.15, -0.1) is 0 Å². The molecule has 16 heavy (non-hydrogen) atoms. The first-order valence-corrected chi connectivity index (χ1v) is 6.71. The molecule has 1 rings (SSSR count). The summed E-state index contributed by atoms with van der Waals surface area (Å²) in [5, 5.41) is 9.24. The van der Waals surface area contributed by atoms with E-state index in [1.54, 1.807) is 5.57 Å². The maximum absolute atomic E-state index is 9.24. The van der Waals surface area contributed by atoms with Crippen LogP contribution in [0.4, 0.5) is 0 Å². The molecular weight excluding hydrogens is 196 g/mol. The first kappa shape index (κ1) is 13.8. The number of rotatable bonds is 5. The highest BCUT2D eigenvalue weighted by Gasteiger charge is 2.23. The summed E-state index contributed by atoms with van der Waals surface area (Å²) >= 11 is 0. The molecule has 1 aliphatic carbocycles. The van der Waals surface area contributed by atoms with Gasteiger partial charge in [0.05, 0.1) is 0 Å². The fraction of sp³-hybridized carbons (Fsp3) is 0.867. The lowest BCUT2D eigenvalue weighted by atomic mass is 9.77. The Balaban J connectivity index is 2.33. The summed E-state index contributed by atoms with van der Waals surface area (Å²) < 4.78 is 0. The summed E-state index contributed by atoms with van der Waals surface area (Å²) in [6.07, 6.45) is 8.74. The summed E-state index contributed by atoms with van der Waals surface area (Å²) in [5.74, 6) is 1.67. The lowest BCUT2D eigenvalue weighted by Gasteiger charge is -2.29. The van der Waals surface area contributed by atoms with Crippen LogP contribution in [0.25, 0.3) is 0 Å². The molecule has 0 aromatic heterocycles. The average molecular weight is 224 g/mol. The van der Waals surface area contributed by atoms with E-state index in [4.69, 9.17) is 0 Å². The molecule has 0 aromatic carbocycles. The number of hydrogen-bond acceptors (Lipinski definition) is 1. The van der Waals surface area contributed by atoms with Crippen LogP contribution in [0.5, 0.6) is 0 Å². The molecule has 0 aromatic rings. The molecule has 1 heteroatoms. The van der Waals surface area contributed by atoms with Gasteiger partial charge in [-0.1, -0.05) is 32.4 Å². The zero-order valence-electron chi connectivity index (χ0n) is 11.4. The molecule has 2 atom stereocenters. The van der Waals surface area contributed by atoms with Gasteiger partial charge in [0.2, 0.25) is 0 Å². The van der Waals surface area contributed by atoms with Crippen molar-refractivity contribution in [3.05, 3.63) is 11.6 Å². The van der Waals surface area contributed by atoms with Crippen molar-refractivity contribution in [2.24, 2.45) is 17.3 Å². The van der Waals surface area contributed by atoms with Gasteiger partial charge in [0.25, 0.3) is 0 Å². The molecule has 0 amide bonds. The highest BCUT2D eigenvalue weighted by Crippen LogP contribution is 2.34. The van der Waals surface area contributed by atoms with Crippen LogP contribution in [-0.4, -0.2) is 11.7 Å². The van der Waals surface area contributed by atoms with E-state index in [1.807, 2.05) is 0 Å². The molecule has 0 aliphatic heterocycles. The second kappa shape index (κ2) is 5.86. The van der Waals surface area contributed by atoms with Gasteiger partial charge in [-0.25, -0.2) is 0 Å². The van der Waals surface area contributed by atoms with Crippen molar-refractivity contribution in [2.75, 3.05) is 6.61 Å². The first-order chi connectivity index (χ1) is 7.44. The molecule has 94 valence electrons. The van der Waals surface area contributed by atoms with E-state index >= 15 is 0 Å². The molecule has 1 nitrogen and oxygen atoms in total. The van der Waals surface area contributed by atoms with E-state index in [1.165, 1.54) is 25.7 Å². The molecular formula is C15H28O.